The SMILES string of the molecule is CC(C)COc1cccc(S(=O)(=O)c2ccc(CNC(=O)c3cc4c([nH]3)CCNC43CCCCCCCCCC3)cc2)c1. The van der Waals surface area contributed by atoms with Gasteiger partial charge in [-0.1, -0.05) is 83.4 Å². The molecular weight excluding hydrogens is 558 g/mol. The van der Waals surface area contributed by atoms with Crippen LogP contribution in [-0.4, -0.2) is 32.5 Å². The molecule has 1 spiro atoms. The summed E-state index contributed by atoms with van der Waals surface area (Å²) in [4.78, 5) is 17.1. The number of H-pyrrole nitrogens is 1. The molecule has 7 nitrogen and oxygen atoms in total. The van der Waals surface area contributed by atoms with Gasteiger partial charge in [-0.3, -0.25) is 4.79 Å². The van der Waals surface area contributed by atoms with Gasteiger partial charge < -0.3 is 20.4 Å². The number of carbonyl (C=O) groups is 1. The zero-order valence-corrected chi connectivity index (χ0v) is 26.5. The molecule has 5 rings (SSSR count). The Hall–Kier alpha value is -3.10. The number of aromatic amines is 1. The van der Waals surface area contributed by atoms with E-state index in [2.05, 4.69) is 21.7 Å². The lowest BCUT2D eigenvalue weighted by atomic mass is 9.78. The number of aromatic nitrogens is 1. The number of rotatable bonds is 8. The zero-order chi connectivity index (χ0) is 30.3. The van der Waals surface area contributed by atoms with E-state index in [-0.39, 0.29) is 21.2 Å². The molecule has 1 fully saturated rings. The van der Waals surface area contributed by atoms with E-state index < -0.39 is 9.84 Å². The first kappa shape index (κ1) is 31.3. The van der Waals surface area contributed by atoms with Crippen LogP contribution in [0, 0.1) is 5.92 Å². The number of amides is 1. The van der Waals surface area contributed by atoms with Crippen LogP contribution in [-0.2, 0) is 28.3 Å². The van der Waals surface area contributed by atoms with Crippen LogP contribution in [0.4, 0.5) is 0 Å². The Kier molecular flexibility index (Phi) is 10.3. The van der Waals surface area contributed by atoms with Crippen LogP contribution in [0.5, 0.6) is 5.75 Å². The first-order chi connectivity index (χ1) is 20.8. The maximum absolute atomic E-state index is 13.3. The number of nitrogens with one attached hydrogen (secondary N) is 3. The summed E-state index contributed by atoms with van der Waals surface area (Å²) in [5.41, 5.74) is 3.85. The quantitative estimate of drug-likeness (QED) is 0.255. The molecule has 8 heteroatoms. The molecule has 232 valence electrons. The summed E-state index contributed by atoms with van der Waals surface area (Å²) in [5, 5.41) is 6.90. The minimum atomic E-state index is -3.70. The lowest BCUT2D eigenvalue weighted by molar-refractivity contribution is 0.0946. The Morgan fingerprint density at radius 3 is 2.26 bits per heavy atom. The molecule has 0 unspecified atom stereocenters. The maximum atomic E-state index is 13.3. The highest BCUT2D eigenvalue weighted by molar-refractivity contribution is 7.91. The Labute approximate surface area is 257 Å². The van der Waals surface area contributed by atoms with Crippen LogP contribution in [0.1, 0.15) is 105 Å². The highest BCUT2D eigenvalue weighted by Crippen LogP contribution is 2.39. The van der Waals surface area contributed by atoms with Crippen LogP contribution in [0.15, 0.2) is 64.4 Å². The smallest absolute Gasteiger partial charge is 0.267 e. The topological polar surface area (TPSA) is 100 Å². The fourth-order valence-electron chi connectivity index (χ4n) is 6.45. The zero-order valence-electron chi connectivity index (χ0n) is 25.7. The Morgan fingerprint density at radius 1 is 0.907 bits per heavy atom. The van der Waals surface area contributed by atoms with Gasteiger partial charge in [0.25, 0.3) is 5.91 Å². The normalized spacial score (nSPS) is 17.7. The summed E-state index contributed by atoms with van der Waals surface area (Å²) in [7, 11) is -3.70. The Bertz CT molecular complexity index is 1460. The molecule has 0 radical (unpaired) electrons. The van der Waals surface area contributed by atoms with Crippen molar-refractivity contribution in [2.24, 2.45) is 5.92 Å². The third-order valence-electron chi connectivity index (χ3n) is 8.84. The largest absolute Gasteiger partial charge is 0.493 e. The molecule has 2 heterocycles. The molecule has 2 aliphatic rings. The predicted octanol–water partition coefficient (Wildman–Crippen LogP) is 7.07. The van der Waals surface area contributed by atoms with E-state index in [1.54, 1.807) is 48.5 Å². The lowest BCUT2D eigenvalue weighted by Crippen LogP contribution is -2.47. The van der Waals surface area contributed by atoms with E-state index in [1.807, 2.05) is 13.8 Å². The fourth-order valence-corrected chi connectivity index (χ4v) is 7.74. The van der Waals surface area contributed by atoms with Gasteiger partial charge in [0, 0.05) is 30.7 Å². The number of sulfone groups is 1. The van der Waals surface area contributed by atoms with Crippen molar-refractivity contribution in [3.63, 3.8) is 0 Å². The first-order valence-corrected chi connectivity index (χ1v) is 17.6. The van der Waals surface area contributed by atoms with Crippen molar-refractivity contribution in [3.8, 4) is 5.75 Å². The summed E-state index contributed by atoms with van der Waals surface area (Å²) >= 11 is 0. The van der Waals surface area contributed by atoms with Gasteiger partial charge in [-0.05, 0) is 66.3 Å². The van der Waals surface area contributed by atoms with Crippen molar-refractivity contribution in [1.82, 2.24) is 15.6 Å². The first-order valence-electron chi connectivity index (χ1n) is 16.1. The van der Waals surface area contributed by atoms with Gasteiger partial charge >= 0.3 is 0 Å². The highest BCUT2D eigenvalue weighted by Gasteiger charge is 2.37. The van der Waals surface area contributed by atoms with Gasteiger partial charge in [0.1, 0.15) is 11.4 Å². The van der Waals surface area contributed by atoms with Crippen molar-refractivity contribution in [3.05, 3.63) is 77.1 Å². The summed E-state index contributed by atoms with van der Waals surface area (Å²) in [6, 6.07) is 15.4. The molecule has 1 aliphatic heterocycles. The minimum absolute atomic E-state index is 0.0473. The Morgan fingerprint density at radius 2 is 1.58 bits per heavy atom. The second kappa shape index (κ2) is 14.1. The van der Waals surface area contributed by atoms with E-state index in [4.69, 9.17) is 4.74 Å². The van der Waals surface area contributed by atoms with Gasteiger partial charge in [-0.2, -0.15) is 0 Å². The van der Waals surface area contributed by atoms with E-state index in [0.717, 1.165) is 31.4 Å². The van der Waals surface area contributed by atoms with E-state index in [1.165, 1.54) is 62.6 Å². The van der Waals surface area contributed by atoms with Gasteiger partial charge in [-0.15, -0.1) is 0 Å². The number of benzene rings is 2. The molecule has 3 aromatic rings. The van der Waals surface area contributed by atoms with Crippen LogP contribution < -0.4 is 15.4 Å². The average molecular weight is 606 g/mol. The lowest BCUT2D eigenvalue weighted by Gasteiger charge is -2.39. The minimum Gasteiger partial charge on any atom is -0.493 e. The molecule has 1 aliphatic carbocycles. The molecule has 2 aromatic carbocycles. The Balaban J connectivity index is 1.24. The average Bonchev–Trinajstić information content (AvgIpc) is 3.44. The second-order valence-electron chi connectivity index (χ2n) is 12.7. The number of hydrogen-bond donors (Lipinski definition) is 3. The summed E-state index contributed by atoms with van der Waals surface area (Å²) < 4.78 is 32.3. The number of hydrogen-bond acceptors (Lipinski definition) is 5. The molecule has 0 bridgehead atoms. The summed E-state index contributed by atoms with van der Waals surface area (Å²) in [6.45, 7) is 5.85. The van der Waals surface area contributed by atoms with E-state index >= 15 is 0 Å². The molecule has 0 saturated heterocycles. The van der Waals surface area contributed by atoms with Crippen LogP contribution >= 0.6 is 0 Å². The standard InChI is InChI=1S/C35H47N3O4S/c1-26(2)25-42-28-12-11-13-30(22-28)43(40,41)29-16-14-27(15-17-29)24-36-34(39)33-23-31-32(38-33)18-21-37-35(31)19-9-7-5-3-4-6-8-10-20-35/h11-17,22-23,26,37-38H,3-10,18-21,24-25H2,1-2H3,(H,36,39). The van der Waals surface area contributed by atoms with Gasteiger partial charge in [0.15, 0.2) is 0 Å². The van der Waals surface area contributed by atoms with E-state index in [9.17, 15) is 13.2 Å². The van der Waals surface area contributed by atoms with Gasteiger partial charge in [-0.25, -0.2) is 8.42 Å². The summed E-state index contributed by atoms with van der Waals surface area (Å²) in [6.07, 6.45) is 13.4. The number of fused-ring (bicyclic) bond motifs is 2. The molecule has 1 amide bonds. The fraction of sp³-hybridized carbons (Fsp3) is 0.514. The monoisotopic (exact) mass is 605 g/mol. The molecule has 3 N–H and O–H groups in total. The summed E-state index contributed by atoms with van der Waals surface area (Å²) in [5.74, 6) is 0.739. The third-order valence-corrected chi connectivity index (χ3v) is 10.6. The van der Waals surface area contributed by atoms with Crippen molar-refractivity contribution in [2.45, 2.75) is 106 Å². The molecule has 1 saturated carbocycles. The number of carbonyl (C=O) groups excluding carboxylic acids is 1. The van der Waals surface area contributed by atoms with E-state index in [0.29, 0.717) is 30.5 Å². The maximum Gasteiger partial charge on any atom is 0.267 e. The molecule has 1 aromatic heterocycles. The molecular formula is C35H47N3O4S. The predicted molar refractivity (Wildman–Crippen MR) is 170 cm³/mol. The third kappa shape index (κ3) is 7.71. The van der Waals surface area contributed by atoms with Crippen molar-refractivity contribution in [1.29, 1.82) is 0 Å². The van der Waals surface area contributed by atoms with Gasteiger partial charge in [0.05, 0.1) is 16.4 Å². The molecule has 43 heavy (non-hydrogen) atoms. The van der Waals surface area contributed by atoms with Crippen LogP contribution in [0.25, 0.3) is 0 Å². The van der Waals surface area contributed by atoms with Crippen molar-refractivity contribution < 1.29 is 17.9 Å². The van der Waals surface area contributed by atoms with Crippen LogP contribution in [0.2, 0.25) is 0 Å². The van der Waals surface area contributed by atoms with Gasteiger partial charge in [0.2, 0.25) is 9.84 Å². The molecule has 0 atom stereocenters. The number of ether oxygens (including phenoxy) is 1. The highest BCUT2D eigenvalue weighted by atomic mass is 32.2. The van der Waals surface area contributed by atoms with Crippen LogP contribution in [0.3, 0.4) is 0 Å². The van der Waals surface area contributed by atoms with Crippen molar-refractivity contribution in [2.75, 3.05) is 13.2 Å². The van der Waals surface area contributed by atoms with Crippen molar-refractivity contribution >= 4 is 15.7 Å². The second-order valence-corrected chi connectivity index (χ2v) is 14.6.